The normalized spacial score (nSPS) is 19.2. The predicted molar refractivity (Wildman–Crippen MR) is 98.8 cm³/mol. The van der Waals surface area contributed by atoms with E-state index in [4.69, 9.17) is 31.4 Å². The molecule has 2 N–H and O–H groups in total. The van der Waals surface area contributed by atoms with E-state index in [1.165, 1.54) is 6.42 Å². The fourth-order valence-electron chi connectivity index (χ4n) is 3.31. The fourth-order valence-corrected chi connectivity index (χ4v) is 3.31. The van der Waals surface area contributed by atoms with Crippen molar-refractivity contribution in [3.63, 3.8) is 0 Å². The minimum atomic E-state index is -2.18. The van der Waals surface area contributed by atoms with Gasteiger partial charge in [-0.2, -0.15) is 0 Å². The number of anilines is 1. The topological polar surface area (TPSA) is 63.0 Å². The SMILES string of the molecule is [B]C([B])([B])C([B])(O)c1nc2cnc(NC)cc2n1C1CCCCC1. The van der Waals surface area contributed by atoms with Gasteiger partial charge in [-0.1, -0.05) is 19.3 Å². The molecule has 1 fully saturated rings. The number of pyridine rings is 1. The molecule has 0 aromatic carbocycles. The van der Waals surface area contributed by atoms with Crippen molar-refractivity contribution in [2.45, 2.75) is 48.8 Å². The molecular weight excluding hydrogens is 295 g/mol. The van der Waals surface area contributed by atoms with Gasteiger partial charge in [0.25, 0.3) is 0 Å². The number of imidazole rings is 1. The molecule has 5 nitrogen and oxygen atoms in total. The van der Waals surface area contributed by atoms with Gasteiger partial charge in [0.15, 0.2) is 0 Å². The van der Waals surface area contributed by atoms with Gasteiger partial charge in [-0.25, -0.2) is 9.97 Å². The van der Waals surface area contributed by atoms with Crippen LogP contribution in [0.4, 0.5) is 5.82 Å². The van der Waals surface area contributed by atoms with E-state index in [0.29, 0.717) is 11.3 Å². The second-order valence-corrected chi connectivity index (χ2v) is 6.60. The molecule has 24 heavy (non-hydrogen) atoms. The second-order valence-electron chi connectivity index (χ2n) is 6.60. The van der Waals surface area contributed by atoms with Crippen LogP contribution in [-0.4, -0.2) is 58.1 Å². The fraction of sp³-hybridized carbons (Fsp3) is 0.600. The third-order valence-electron chi connectivity index (χ3n) is 4.77. The molecule has 2 aromatic heterocycles. The molecule has 2 heterocycles. The summed E-state index contributed by atoms with van der Waals surface area (Å²) in [5, 5.41) is 11.7. The molecule has 3 rings (SSSR count). The van der Waals surface area contributed by atoms with Crippen molar-refractivity contribution < 1.29 is 5.11 Å². The highest BCUT2D eigenvalue weighted by Gasteiger charge is 2.40. The molecule has 0 bridgehead atoms. The quantitative estimate of drug-likeness (QED) is 0.822. The van der Waals surface area contributed by atoms with Gasteiger partial charge in [0.1, 0.15) is 25.0 Å². The smallest absolute Gasteiger partial charge is 0.130 e. The standard InChI is InChI=1S/C15H18B4N4O/c1-20-12-7-11-10(8-21-12)22-13(14(16,24)15(17,18)19)23(11)9-5-3-2-4-6-9/h7-9,24H,2-6H2,1H3,(H,20,21). The molecule has 0 spiro atoms. The first-order chi connectivity index (χ1) is 11.3. The zero-order valence-electron chi connectivity index (χ0n) is 13.9. The number of rotatable bonds is 4. The minimum absolute atomic E-state index is 0.156. The van der Waals surface area contributed by atoms with Crippen molar-refractivity contribution in [2.24, 2.45) is 0 Å². The van der Waals surface area contributed by atoms with Crippen LogP contribution in [0, 0.1) is 0 Å². The number of hydrogen-bond donors (Lipinski definition) is 2. The Morgan fingerprint density at radius 1 is 1.21 bits per heavy atom. The van der Waals surface area contributed by atoms with E-state index in [0.717, 1.165) is 31.2 Å². The molecular formula is C15H18B4N4O. The summed E-state index contributed by atoms with van der Waals surface area (Å²) in [4.78, 5) is 8.73. The lowest BCUT2D eigenvalue weighted by atomic mass is 9.32. The van der Waals surface area contributed by atoms with Crippen LogP contribution in [0.2, 0.25) is 5.11 Å². The Morgan fingerprint density at radius 3 is 2.46 bits per heavy atom. The summed E-state index contributed by atoms with van der Waals surface area (Å²) in [6.45, 7) is 0. The van der Waals surface area contributed by atoms with Crippen molar-refractivity contribution in [3.05, 3.63) is 18.1 Å². The number of fused-ring (bicyclic) bond motifs is 1. The van der Waals surface area contributed by atoms with E-state index in [2.05, 4.69) is 15.3 Å². The summed E-state index contributed by atoms with van der Waals surface area (Å²) >= 11 is 0. The Hall–Kier alpha value is -1.36. The van der Waals surface area contributed by atoms with Crippen molar-refractivity contribution in [1.29, 1.82) is 0 Å². The van der Waals surface area contributed by atoms with Crippen molar-refractivity contribution in [2.75, 3.05) is 12.4 Å². The summed E-state index contributed by atoms with van der Waals surface area (Å²) in [7, 11) is 25.0. The van der Waals surface area contributed by atoms with Crippen LogP contribution >= 0.6 is 0 Å². The molecule has 1 aliphatic carbocycles. The zero-order chi connectivity index (χ0) is 17.5. The molecule has 116 valence electrons. The van der Waals surface area contributed by atoms with Crippen LogP contribution < -0.4 is 5.32 Å². The van der Waals surface area contributed by atoms with Crippen molar-refractivity contribution >= 4 is 48.2 Å². The average molecular weight is 314 g/mol. The van der Waals surface area contributed by atoms with Gasteiger partial charge in [-0.15, -0.1) is 5.11 Å². The molecule has 0 amide bonds. The molecule has 0 aliphatic heterocycles. The van der Waals surface area contributed by atoms with E-state index < -0.39 is 10.6 Å². The van der Waals surface area contributed by atoms with E-state index in [-0.39, 0.29) is 11.9 Å². The first-order valence-electron chi connectivity index (χ1n) is 8.20. The summed E-state index contributed by atoms with van der Waals surface area (Å²) < 4.78 is 1.93. The molecule has 1 saturated carbocycles. The Labute approximate surface area is 147 Å². The minimum Gasteiger partial charge on any atom is -0.394 e. The third kappa shape index (κ3) is 2.87. The van der Waals surface area contributed by atoms with Gasteiger partial charge in [-0.3, -0.25) is 0 Å². The first kappa shape index (κ1) is 17.5. The van der Waals surface area contributed by atoms with Crippen LogP contribution in [0.15, 0.2) is 12.3 Å². The Morgan fingerprint density at radius 2 is 1.88 bits per heavy atom. The molecule has 9 heteroatoms. The maximum Gasteiger partial charge on any atom is 0.130 e. The van der Waals surface area contributed by atoms with Crippen molar-refractivity contribution in [3.8, 4) is 0 Å². The Balaban J connectivity index is 2.24. The van der Waals surface area contributed by atoms with Crippen molar-refractivity contribution in [1.82, 2.24) is 14.5 Å². The summed E-state index contributed by atoms with van der Waals surface area (Å²) in [5.41, 5.74) is -0.740. The molecule has 8 radical (unpaired) electrons. The number of nitrogens with zero attached hydrogens (tertiary/aromatic N) is 3. The van der Waals surface area contributed by atoms with Gasteiger partial charge in [-0.05, 0) is 12.8 Å². The molecule has 1 aliphatic rings. The van der Waals surface area contributed by atoms with Gasteiger partial charge >= 0.3 is 0 Å². The van der Waals surface area contributed by atoms with Crippen LogP contribution in [-0.2, 0) is 5.50 Å². The first-order valence-corrected chi connectivity index (χ1v) is 8.20. The van der Waals surface area contributed by atoms with Crippen LogP contribution in [0.1, 0.15) is 44.0 Å². The molecule has 0 saturated heterocycles. The maximum absolute atomic E-state index is 10.7. The molecule has 1 atom stereocenters. The zero-order valence-corrected chi connectivity index (χ0v) is 13.9. The number of hydrogen-bond acceptors (Lipinski definition) is 4. The number of aliphatic hydroxyl groups is 1. The van der Waals surface area contributed by atoms with E-state index in [9.17, 15) is 5.11 Å². The van der Waals surface area contributed by atoms with E-state index in [1.54, 1.807) is 13.2 Å². The van der Waals surface area contributed by atoms with E-state index in [1.807, 2.05) is 10.6 Å². The molecule has 2 aromatic rings. The van der Waals surface area contributed by atoms with Crippen LogP contribution in [0.25, 0.3) is 11.0 Å². The second kappa shape index (κ2) is 6.17. The predicted octanol–water partition coefficient (Wildman–Crippen LogP) is 0.871. The Kier molecular flexibility index (Phi) is 4.49. The highest BCUT2D eigenvalue weighted by molar-refractivity contribution is 6.62. The summed E-state index contributed by atoms with van der Waals surface area (Å²) in [5.74, 6) is 0.873. The lowest BCUT2D eigenvalue weighted by molar-refractivity contribution is 0.111. The van der Waals surface area contributed by atoms with Crippen LogP contribution in [0.3, 0.4) is 0 Å². The molecule has 1 unspecified atom stereocenters. The maximum atomic E-state index is 10.7. The Bertz CT molecular complexity index is 735. The average Bonchev–Trinajstić information content (AvgIpc) is 2.93. The van der Waals surface area contributed by atoms with Gasteiger partial charge in [0, 0.05) is 19.2 Å². The van der Waals surface area contributed by atoms with Gasteiger partial charge in [0.05, 0.1) is 40.8 Å². The lowest BCUT2D eigenvalue weighted by Crippen LogP contribution is -2.45. The number of aromatic nitrogens is 3. The lowest BCUT2D eigenvalue weighted by Gasteiger charge is -2.40. The van der Waals surface area contributed by atoms with Gasteiger partial charge in [0.2, 0.25) is 0 Å². The summed E-state index contributed by atoms with van der Waals surface area (Å²) in [6, 6.07) is 2.03. The largest absolute Gasteiger partial charge is 0.394 e. The highest BCUT2D eigenvalue weighted by atomic mass is 16.3. The number of nitrogens with one attached hydrogen (secondary N) is 1. The van der Waals surface area contributed by atoms with E-state index >= 15 is 0 Å². The van der Waals surface area contributed by atoms with Gasteiger partial charge < -0.3 is 15.0 Å². The summed E-state index contributed by atoms with van der Waals surface area (Å²) in [6.07, 6.45) is 6.98. The third-order valence-corrected chi connectivity index (χ3v) is 4.77. The monoisotopic (exact) mass is 314 g/mol. The highest BCUT2D eigenvalue weighted by Crippen LogP contribution is 2.40. The van der Waals surface area contributed by atoms with Crippen LogP contribution in [0.5, 0.6) is 0 Å².